The molecule has 0 spiro atoms. The largest absolute Gasteiger partial charge is 0.504 e. The molecule has 0 saturated heterocycles. The molecule has 2 heterocycles. The highest BCUT2D eigenvalue weighted by molar-refractivity contribution is 6.16. The normalized spacial score (nSPS) is 11.7. The topological polar surface area (TPSA) is 199 Å². The van der Waals surface area contributed by atoms with Crippen molar-refractivity contribution in [1.29, 1.82) is 0 Å². The first kappa shape index (κ1) is 23.5. The van der Waals surface area contributed by atoms with E-state index in [1.54, 1.807) is 0 Å². The van der Waals surface area contributed by atoms with Gasteiger partial charge in [-0.3, -0.25) is 0 Å². The van der Waals surface area contributed by atoms with Crippen molar-refractivity contribution >= 4 is 50.4 Å². The number of nitrogens with zero attached hydrogens (tertiary/aromatic N) is 5. The minimum absolute atomic E-state index is 0.0101. The van der Waals surface area contributed by atoms with E-state index in [9.17, 15) is 29.6 Å². The predicted molar refractivity (Wildman–Crippen MR) is 138 cm³/mol. The van der Waals surface area contributed by atoms with Gasteiger partial charge < -0.3 is 19.0 Å². The van der Waals surface area contributed by atoms with Gasteiger partial charge in [-0.25, -0.2) is 0 Å². The highest BCUT2D eigenvalue weighted by atomic mass is 16.6. The lowest BCUT2D eigenvalue weighted by Gasteiger charge is -2.24. The molecule has 4 aromatic carbocycles. The Hall–Kier alpha value is -5.92. The van der Waals surface area contributed by atoms with Crippen LogP contribution in [0.2, 0.25) is 0 Å². The third-order valence-electron chi connectivity index (χ3n) is 6.17. The van der Waals surface area contributed by atoms with Gasteiger partial charge in [0.05, 0.1) is 10.8 Å². The molecular formula is C25H11N5O9. The van der Waals surface area contributed by atoms with Crippen LogP contribution >= 0.6 is 0 Å². The molecule has 1 N–H and O–H groups in total. The van der Waals surface area contributed by atoms with Crippen LogP contribution in [0.15, 0.2) is 78.8 Å². The maximum Gasteiger partial charge on any atom is 0.212 e. The number of hydrogen-bond donors (Lipinski definition) is 1. The standard InChI is InChI=1S/C25H11N5O9/c31-17-9-19-21(20-16(30-36)7-14(28-34)8-18(20)37-19)25-24(17)38-22-11(1-2-15(29-35)23(22)39-25)3-10-4-12(26-32)6-13(5-10)27-33/h1-2,4-9,31H,3H2. The lowest BCUT2D eigenvalue weighted by atomic mass is 10.0. The van der Waals surface area contributed by atoms with Crippen LogP contribution in [0.3, 0.4) is 0 Å². The van der Waals surface area contributed by atoms with Gasteiger partial charge in [0.15, 0.2) is 28.7 Å². The molecule has 14 heteroatoms. The first-order valence-electron chi connectivity index (χ1n) is 11.1. The maximum atomic E-state index is 11.6. The van der Waals surface area contributed by atoms with Gasteiger partial charge in [0.25, 0.3) is 0 Å². The van der Waals surface area contributed by atoms with E-state index < -0.39 is 5.75 Å². The molecule has 0 unspecified atom stereocenters. The van der Waals surface area contributed by atoms with Crippen LogP contribution in [0.4, 0.5) is 28.4 Å². The Morgan fingerprint density at radius 1 is 0.590 bits per heavy atom. The summed E-state index contributed by atoms with van der Waals surface area (Å²) in [6, 6.07) is 10.7. The summed E-state index contributed by atoms with van der Waals surface area (Å²) in [5.74, 6) is -0.703. The lowest BCUT2D eigenvalue weighted by molar-refractivity contribution is 0.339. The van der Waals surface area contributed by atoms with Gasteiger partial charge in [-0.1, -0.05) is 6.07 Å². The van der Waals surface area contributed by atoms with Crippen molar-refractivity contribution in [2.24, 2.45) is 25.9 Å². The van der Waals surface area contributed by atoms with Crippen LogP contribution in [-0.2, 0) is 6.42 Å². The molecule has 0 bridgehead atoms. The SMILES string of the molecule is O=Nc1cc(Cc2ccc(N=O)c3c2Oc2c(O)cc4oc5cc(N=O)cc(N=O)c5c4c2O3)cc(N=O)c1. The Morgan fingerprint density at radius 2 is 1.23 bits per heavy atom. The molecule has 190 valence electrons. The van der Waals surface area contributed by atoms with Gasteiger partial charge in [0.1, 0.15) is 33.9 Å². The van der Waals surface area contributed by atoms with E-state index in [4.69, 9.17) is 13.9 Å². The summed E-state index contributed by atoms with van der Waals surface area (Å²) in [4.78, 5) is 56.4. The summed E-state index contributed by atoms with van der Waals surface area (Å²) in [5.41, 5.74) is 0.638. The third-order valence-corrected chi connectivity index (χ3v) is 6.17. The van der Waals surface area contributed by atoms with Crippen molar-refractivity contribution < 1.29 is 19.0 Å². The van der Waals surface area contributed by atoms with E-state index in [1.165, 1.54) is 42.5 Å². The number of furan rings is 1. The van der Waals surface area contributed by atoms with Gasteiger partial charge in [-0.15, -0.1) is 24.5 Å². The van der Waals surface area contributed by atoms with Gasteiger partial charge in [0.2, 0.25) is 5.75 Å². The highest BCUT2D eigenvalue weighted by Crippen LogP contribution is 2.59. The molecule has 0 saturated carbocycles. The van der Waals surface area contributed by atoms with Crippen molar-refractivity contribution in [2.45, 2.75) is 6.42 Å². The second kappa shape index (κ2) is 8.88. The molecule has 0 fully saturated rings. The number of phenols is 1. The number of hydrogen-bond acceptors (Lipinski definition) is 14. The van der Waals surface area contributed by atoms with E-state index in [0.29, 0.717) is 11.1 Å². The average molecular weight is 525 g/mol. The lowest BCUT2D eigenvalue weighted by Crippen LogP contribution is -2.03. The van der Waals surface area contributed by atoms with Crippen molar-refractivity contribution in [3.8, 4) is 28.7 Å². The first-order chi connectivity index (χ1) is 19.0. The van der Waals surface area contributed by atoms with E-state index in [-0.39, 0.29) is 79.8 Å². The molecule has 0 aliphatic carbocycles. The Kier molecular flexibility index (Phi) is 5.34. The van der Waals surface area contributed by atoms with Gasteiger partial charge in [0, 0.05) is 24.1 Å². The number of fused-ring (bicyclic) bond motifs is 6. The Morgan fingerprint density at radius 3 is 1.90 bits per heavy atom. The van der Waals surface area contributed by atoms with E-state index in [0.717, 1.165) is 6.07 Å². The summed E-state index contributed by atoms with van der Waals surface area (Å²) in [6.45, 7) is 0. The second-order valence-electron chi connectivity index (χ2n) is 8.46. The second-order valence-corrected chi connectivity index (χ2v) is 8.46. The molecule has 6 rings (SSSR count). The van der Waals surface area contributed by atoms with Crippen LogP contribution in [0.1, 0.15) is 11.1 Å². The maximum absolute atomic E-state index is 11.6. The smallest absolute Gasteiger partial charge is 0.212 e. The van der Waals surface area contributed by atoms with Crippen molar-refractivity contribution in [3.05, 3.63) is 84.2 Å². The molecule has 0 amide bonds. The third kappa shape index (κ3) is 3.66. The van der Waals surface area contributed by atoms with E-state index in [1.807, 2.05) is 0 Å². The van der Waals surface area contributed by atoms with Crippen molar-refractivity contribution in [2.75, 3.05) is 0 Å². The van der Waals surface area contributed by atoms with Crippen LogP contribution < -0.4 is 9.47 Å². The first-order valence-corrected chi connectivity index (χ1v) is 11.1. The van der Waals surface area contributed by atoms with Crippen molar-refractivity contribution in [1.82, 2.24) is 0 Å². The summed E-state index contributed by atoms with van der Waals surface area (Å²) in [5, 5.41) is 25.6. The van der Waals surface area contributed by atoms with Crippen molar-refractivity contribution in [3.63, 3.8) is 0 Å². The van der Waals surface area contributed by atoms with Crippen LogP contribution in [0.25, 0.3) is 21.9 Å². The number of ether oxygens (including phenoxy) is 2. The number of rotatable bonds is 7. The summed E-state index contributed by atoms with van der Waals surface area (Å²) in [7, 11) is 0. The summed E-state index contributed by atoms with van der Waals surface area (Å²) >= 11 is 0. The fourth-order valence-corrected chi connectivity index (χ4v) is 4.58. The predicted octanol–water partition coefficient (Wildman–Crippen LogP) is 8.77. The molecule has 0 radical (unpaired) electrons. The zero-order chi connectivity index (χ0) is 27.3. The Labute approximate surface area is 215 Å². The summed E-state index contributed by atoms with van der Waals surface area (Å²) in [6.07, 6.45) is 0.0877. The van der Waals surface area contributed by atoms with Gasteiger partial charge in [-0.05, 0) is 61.8 Å². The molecule has 1 aliphatic rings. The summed E-state index contributed by atoms with van der Waals surface area (Å²) < 4.78 is 17.9. The van der Waals surface area contributed by atoms with Crippen LogP contribution in [0, 0.1) is 24.5 Å². The van der Waals surface area contributed by atoms with E-state index in [2.05, 4.69) is 25.9 Å². The Balaban J connectivity index is 1.55. The fourth-order valence-electron chi connectivity index (χ4n) is 4.58. The zero-order valence-electron chi connectivity index (χ0n) is 19.3. The quantitative estimate of drug-likeness (QED) is 0.198. The minimum atomic E-state index is -0.397. The average Bonchev–Trinajstić information content (AvgIpc) is 3.34. The monoisotopic (exact) mass is 525 g/mol. The number of benzene rings is 4. The van der Waals surface area contributed by atoms with Gasteiger partial charge in [-0.2, -0.15) is 0 Å². The number of phenolic OH excluding ortho intramolecular Hbond substituents is 1. The highest BCUT2D eigenvalue weighted by Gasteiger charge is 2.32. The molecule has 0 atom stereocenters. The van der Waals surface area contributed by atoms with Crippen LogP contribution in [-0.4, -0.2) is 5.11 Å². The molecule has 39 heavy (non-hydrogen) atoms. The molecular weight excluding hydrogens is 514 g/mol. The number of nitroso groups, excluding NO2 is 5. The molecule has 14 nitrogen and oxygen atoms in total. The van der Waals surface area contributed by atoms with E-state index >= 15 is 0 Å². The Bertz CT molecular complexity index is 1890. The van der Waals surface area contributed by atoms with Crippen LogP contribution in [0.5, 0.6) is 28.7 Å². The van der Waals surface area contributed by atoms with Gasteiger partial charge >= 0.3 is 0 Å². The molecule has 1 aliphatic heterocycles. The molecule has 1 aromatic heterocycles. The minimum Gasteiger partial charge on any atom is -0.504 e. The zero-order valence-corrected chi connectivity index (χ0v) is 19.3. The molecule has 5 aromatic rings. The fraction of sp³-hybridized carbons (Fsp3) is 0.0400. The number of aromatic hydroxyl groups is 1.